The van der Waals surface area contributed by atoms with Crippen molar-refractivity contribution in [1.82, 2.24) is 24.6 Å². The maximum Gasteiger partial charge on any atom is 0.227 e. The monoisotopic (exact) mass is 283 g/mol. The van der Waals surface area contributed by atoms with Gasteiger partial charge in [0.2, 0.25) is 5.91 Å². The van der Waals surface area contributed by atoms with Crippen LogP contribution in [0.15, 0.2) is 30.9 Å². The van der Waals surface area contributed by atoms with Gasteiger partial charge in [0.25, 0.3) is 0 Å². The highest BCUT2D eigenvalue weighted by Gasteiger charge is 2.36. The van der Waals surface area contributed by atoms with Crippen LogP contribution in [0.4, 0.5) is 0 Å². The molecule has 0 aliphatic carbocycles. The molecule has 2 aromatic rings. The largest absolute Gasteiger partial charge is 0.341 e. The zero-order valence-corrected chi connectivity index (χ0v) is 11.7. The molecule has 1 saturated heterocycles. The molecule has 0 saturated carbocycles. The van der Waals surface area contributed by atoms with E-state index < -0.39 is 0 Å². The van der Waals surface area contributed by atoms with Gasteiger partial charge in [0.15, 0.2) is 0 Å². The summed E-state index contributed by atoms with van der Waals surface area (Å²) in [4.78, 5) is 22.7. The molecule has 108 valence electrons. The Labute approximate surface area is 122 Å². The summed E-state index contributed by atoms with van der Waals surface area (Å²) in [6, 6.07) is 4.07. The molecule has 21 heavy (non-hydrogen) atoms. The zero-order valence-electron chi connectivity index (χ0n) is 11.7. The van der Waals surface area contributed by atoms with Gasteiger partial charge in [0.1, 0.15) is 12.2 Å². The third-order valence-electron chi connectivity index (χ3n) is 4.53. The average molecular weight is 283 g/mol. The summed E-state index contributed by atoms with van der Waals surface area (Å²) in [7, 11) is 0. The lowest BCUT2D eigenvalue weighted by atomic mass is 9.89. The van der Waals surface area contributed by atoms with Crippen molar-refractivity contribution in [3.63, 3.8) is 0 Å². The molecule has 0 bridgehead atoms. The van der Waals surface area contributed by atoms with E-state index >= 15 is 0 Å². The van der Waals surface area contributed by atoms with Crippen LogP contribution < -0.4 is 0 Å². The van der Waals surface area contributed by atoms with Crippen molar-refractivity contribution in [2.24, 2.45) is 5.92 Å². The van der Waals surface area contributed by atoms with Crippen molar-refractivity contribution in [2.75, 3.05) is 13.1 Å². The summed E-state index contributed by atoms with van der Waals surface area (Å²) in [5.74, 6) is 1.78. The predicted octanol–water partition coefficient (Wildman–Crippen LogP) is 0.861. The molecule has 4 rings (SSSR count). The Morgan fingerprint density at radius 3 is 2.81 bits per heavy atom. The first-order chi connectivity index (χ1) is 10.3. The van der Waals surface area contributed by atoms with E-state index in [1.54, 1.807) is 6.33 Å². The maximum atomic E-state index is 12.5. The summed E-state index contributed by atoms with van der Waals surface area (Å²) in [5, 5.41) is 4.18. The van der Waals surface area contributed by atoms with Crippen LogP contribution in [0, 0.1) is 5.92 Å². The third-order valence-corrected chi connectivity index (χ3v) is 4.53. The molecule has 1 amide bonds. The summed E-state index contributed by atoms with van der Waals surface area (Å²) in [6.07, 6.45) is 6.93. The highest BCUT2D eigenvalue weighted by atomic mass is 16.2. The van der Waals surface area contributed by atoms with Gasteiger partial charge in [-0.05, 0) is 24.1 Å². The highest BCUT2D eigenvalue weighted by molar-refractivity contribution is 5.80. The number of carbonyl (C=O) groups is 1. The van der Waals surface area contributed by atoms with Crippen molar-refractivity contribution >= 4 is 5.91 Å². The van der Waals surface area contributed by atoms with Crippen LogP contribution >= 0.6 is 0 Å². The summed E-state index contributed by atoms with van der Waals surface area (Å²) in [6.45, 7) is 2.32. The van der Waals surface area contributed by atoms with E-state index in [9.17, 15) is 4.79 Å². The molecule has 4 heterocycles. The number of hydrogen-bond donors (Lipinski definition) is 0. The summed E-state index contributed by atoms with van der Waals surface area (Å²) in [5.41, 5.74) is 1.27. The second-order valence-electron chi connectivity index (χ2n) is 5.81. The van der Waals surface area contributed by atoms with Gasteiger partial charge in [-0.15, -0.1) is 0 Å². The molecule has 2 aliphatic heterocycles. The van der Waals surface area contributed by atoms with Crippen LogP contribution in [0.3, 0.4) is 0 Å². The number of amides is 1. The number of pyridine rings is 1. The molecule has 0 N–H and O–H groups in total. The van der Waals surface area contributed by atoms with Crippen molar-refractivity contribution in [2.45, 2.75) is 25.3 Å². The van der Waals surface area contributed by atoms with Crippen LogP contribution in [0.5, 0.6) is 0 Å². The molecule has 1 fully saturated rings. The molecule has 0 radical (unpaired) electrons. The smallest absolute Gasteiger partial charge is 0.227 e. The van der Waals surface area contributed by atoms with Crippen molar-refractivity contribution in [3.05, 3.63) is 42.2 Å². The number of rotatable bonds is 2. The fraction of sp³-hybridized carbons (Fsp3) is 0.467. The lowest BCUT2D eigenvalue weighted by Crippen LogP contribution is -2.51. The SMILES string of the molecule is O=C(C1CCc2ncnn2C1)N1CC(c2ccncc2)C1. The summed E-state index contributed by atoms with van der Waals surface area (Å²) < 4.78 is 1.87. The van der Waals surface area contributed by atoms with Crippen LogP contribution in [0.25, 0.3) is 0 Å². The number of likely N-dealkylation sites (tertiary alicyclic amines) is 1. The molecule has 6 nitrogen and oxygen atoms in total. The first-order valence-electron chi connectivity index (χ1n) is 7.36. The Morgan fingerprint density at radius 1 is 1.19 bits per heavy atom. The van der Waals surface area contributed by atoms with Gasteiger partial charge in [-0.1, -0.05) is 0 Å². The molecule has 2 aromatic heterocycles. The number of carbonyl (C=O) groups excluding carboxylic acids is 1. The third kappa shape index (κ3) is 2.20. The summed E-state index contributed by atoms with van der Waals surface area (Å²) >= 11 is 0. The molecular weight excluding hydrogens is 266 g/mol. The molecule has 0 aromatic carbocycles. The predicted molar refractivity (Wildman–Crippen MR) is 75.4 cm³/mol. The van der Waals surface area contributed by atoms with Crippen molar-refractivity contribution in [3.8, 4) is 0 Å². The van der Waals surface area contributed by atoms with Crippen molar-refractivity contribution in [1.29, 1.82) is 0 Å². The molecule has 6 heteroatoms. The molecule has 0 spiro atoms. The first-order valence-corrected chi connectivity index (χ1v) is 7.36. The minimum Gasteiger partial charge on any atom is -0.341 e. The molecule has 1 atom stereocenters. The Hall–Kier alpha value is -2.24. The van der Waals surface area contributed by atoms with E-state index in [0.29, 0.717) is 12.5 Å². The van der Waals surface area contributed by atoms with Gasteiger partial charge < -0.3 is 4.90 Å². The number of aryl methyl sites for hydroxylation is 1. The van der Waals surface area contributed by atoms with E-state index in [0.717, 1.165) is 31.8 Å². The van der Waals surface area contributed by atoms with Gasteiger partial charge in [-0.25, -0.2) is 9.67 Å². The lowest BCUT2D eigenvalue weighted by molar-refractivity contribution is -0.141. The second-order valence-corrected chi connectivity index (χ2v) is 5.81. The van der Waals surface area contributed by atoms with Gasteiger partial charge in [0.05, 0.1) is 12.5 Å². The maximum absolute atomic E-state index is 12.5. The van der Waals surface area contributed by atoms with E-state index in [2.05, 4.69) is 15.1 Å². The minimum atomic E-state index is 0.0533. The second kappa shape index (κ2) is 4.95. The number of aromatic nitrogens is 4. The van der Waals surface area contributed by atoms with Crippen LogP contribution in [0.2, 0.25) is 0 Å². The number of hydrogen-bond acceptors (Lipinski definition) is 4. The first kappa shape index (κ1) is 12.5. The number of fused-ring (bicyclic) bond motifs is 1. The molecule has 2 aliphatic rings. The molecular formula is C15H17N5O. The average Bonchev–Trinajstić information content (AvgIpc) is 2.94. The van der Waals surface area contributed by atoms with Crippen LogP contribution in [-0.4, -0.2) is 43.6 Å². The van der Waals surface area contributed by atoms with E-state index in [4.69, 9.17) is 0 Å². The zero-order chi connectivity index (χ0) is 14.2. The van der Waals surface area contributed by atoms with E-state index in [1.807, 2.05) is 34.1 Å². The van der Waals surface area contributed by atoms with Gasteiger partial charge in [-0.2, -0.15) is 5.10 Å². The standard InChI is InChI=1S/C15H17N5O/c21-15(12-1-2-14-17-10-18-20(14)9-12)19-7-13(8-19)11-3-5-16-6-4-11/h3-6,10,12-13H,1-2,7-9H2. The fourth-order valence-electron chi connectivity index (χ4n) is 3.20. The topological polar surface area (TPSA) is 63.9 Å². The Morgan fingerprint density at radius 2 is 2.00 bits per heavy atom. The Kier molecular flexibility index (Phi) is 2.94. The Balaban J connectivity index is 1.38. The van der Waals surface area contributed by atoms with E-state index in [-0.39, 0.29) is 11.8 Å². The normalized spacial score (nSPS) is 21.7. The quantitative estimate of drug-likeness (QED) is 0.820. The Bertz CT molecular complexity index is 647. The van der Waals surface area contributed by atoms with Gasteiger partial charge in [0, 0.05) is 37.8 Å². The highest BCUT2D eigenvalue weighted by Crippen LogP contribution is 2.29. The fourth-order valence-corrected chi connectivity index (χ4v) is 3.20. The van der Waals surface area contributed by atoms with Gasteiger partial charge in [-0.3, -0.25) is 9.78 Å². The minimum absolute atomic E-state index is 0.0533. The number of nitrogens with zero attached hydrogens (tertiary/aromatic N) is 5. The van der Waals surface area contributed by atoms with Crippen molar-refractivity contribution < 1.29 is 4.79 Å². The van der Waals surface area contributed by atoms with E-state index in [1.165, 1.54) is 5.56 Å². The van der Waals surface area contributed by atoms with Crippen LogP contribution in [-0.2, 0) is 17.8 Å². The molecule has 1 unspecified atom stereocenters. The van der Waals surface area contributed by atoms with Crippen LogP contribution in [0.1, 0.15) is 23.7 Å². The lowest BCUT2D eigenvalue weighted by Gasteiger charge is -2.41. The van der Waals surface area contributed by atoms with Gasteiger partial charge >= 0.3 is 0 Å².